The zero-order valence-corrected chi connectivity index (χ0v) is 15.7. The number of nitriles is 1. The van der Waals surface area contributed by atoms with Gasteiger partial charge in [-0.2, -0.15) is 5.26 Å². The number of sulfonamides is 1. The van der Waals surface area contributed by atoms with Crippen LogP contribution >= 0.6 is 0 Å². The molecule has 29 heavy (non-hydrogen) atoms. The van der Waals surface area contributed by atoms with Gasteiger partial charge in [-0.1, -0.05) is 0 Å². The van der Waals surface area contributed by atoms with Crippen LogP contribution in [0.4, 0.5) is 19.3 Å². The van der Waals surface area contributed by atoms with Gasteiger partial charge < -0.3 is 10.6 Å². The summed E-state index contributed by atoms with van der Waals surface area (Å²) in [4.78, 5) is 27.2. The fourth-order valence-electron chi connectivity index (χ4n) is 2.66. The first kappa shape index (κ1) is 20.2. The highest BCUT2D eigenvalue weighted by atomic mass is 32.2. The summed E-state index contributed by atoms with van der Waals surface area (Å²) in [5.74, 6) is -2.83. The zero-order valence-electron chi connectivity index (χ0n) is 14.9. The van der Waals surface area contributed by atoms with Crippen molar-refractivity contribution < 1.29 is 26.8 Å². The van der Waals surface area contributed by atoms with Crippen molar-refractivity contribution in [3.05, 3.63) is 52.9 Å². The van der Waals surface area contributed by atoms with E-state index in [0.29, 0.717) is 5.56 Å². The number of rotatable bonds is 4. The summed E-state index contributed by atoms with van der Waals surface area (Å²) in [6.07, 6.45) is 1.11. The molecule has 2 heterocycles. The van der Waals surface area contributed by atoms with E-state index in [1.807, 2.05) is 0 Å². The molecule has 2 N–H and O–H groups in total. The molecule has 1 aliphatic heterocycles. The Balaban J connectivity index is 1.77. The van der Waals surface area contributed by atoms with Gasteiger partial charge in [0, 0.05) is 6.20 Å². The number of carbonyl (C=O) groups is 2. The molecule has 1 aliphatic rings. The van der Waals surface area contributed by atoms with E-state index in [4.69, 9.17) is 5.26 Å². The lowest BCUT2D eigenvalue weighted by Gasteiger charge is -2.28. The number of nitrogens with zero attached hydrogens (tertiary/aromatic N) is 3. The summed E-state index contributed by atoms with van der Waals surface area (Å²) in [6, 6.07) is 3.80. The van der Waals surface area contributed by atoms with Crippen LogP contribution in [0.25, 0.3) is 0 Å². The molecular weight excluding hydrogens is 408 g/mol. The predicted octanol–water partition coefficient (Wildman–Crippen LogP) is 1.39. The van der Waals surface area contributed by atoms with E-state index in [0.717, 1.165) is 18.3 Å². The maximum atomic E-state index is 14.2. The van der Waals surface area contributed by atoms with Gasteiger partial charge in [-0.25, -0.2) is 26.3 Å². The second-order valence-electron chi connectivity index (χ2n) is 6.11. The van der Waals surface area contributed by atoms with E-state index in [2.05, 4.69) is 15.6 Å². The Bertz CT molecular complexity index is 1180. The number of aromatic nitrogens is 1. The van der Waals surface area contributed by atoms with Crippen LogP contribution in [-0.4, -0.2) is 36.2 Å². The molecule has 3 amide bonds. The summed E-state index contributed by atoms with van der Waals surface area (Å²) in [6.45, 7) is 0.174. The Morgan fingerprint density at radius 3 is 2.69 bits per heavy atom. The molecule has 0 fully saturated rings. The molecule has 1 aromatic heterocycles. The lowest BCUT2D eigenvalue weighted by molar-refractivity contribution is -0.121. The maximum absolute atomic E-state index is 14.2. The highest BCUT2D eigenvalue weighted by molar-refractivity contribution is 7.90. The highest BCUT2D eigenvalue weighted by Gasteiger charge is 2.40. The normalized spacial score (nSPS) is 14.6. The Labute approximate surface area is 164 Å². The molecule has 150 valence electrons. The van der Waals surface area contributed by atoms with Gasteiger partial charge in [0.05, 0.1) is 23.5 Å². The lowest BCUT2D eigenvalue weighted by Crippen LogP contribution is -2.49. The minimum Gasteiger partial charge on any atom is -0.349 e. The van der Waals surface area contributed by atoms with Gasteiger partial charge in [-0.15, -0.1) is 0 Å². The minimum atomic E-state index is -4.61. The van der Waals surface area contributed by atoms with Crippen LogP contribution in [0.1, 0.15) is 16.8 Å². The zero-order chi connectivity index (χ0) is 21.3. The van der Waals surface area contributed by atoms with E-state index in [-0.39, 0.29) is 21.2 Å². The summed E-state index contributed by atoms with van der Waals surface area (Å²) in [7, 11) is -4.61. The van der Waals surface area contributed by atoms with E-state index in [9.17, 15) is 26.8 Å². The molecule has 0 saturated heterocycles. The molecule has 0 aliphatic carbocycles. The number of fused-ring (bicyclic) bond motifs is 1. The van der Waals surface area contributed by atoms with Gasteiger partial charge in [0.1, 0.15) is 29.1 Å². The molecule has 0 bridgehead atoms. The first-order chi connectivity index (χ1) is 13.6. The Kier molecular flexibility index (Phi) is 5.17. The van der Waals surface area contributed by atoms with Crippen LogP contribution in [0.5, 0.6) is 0 Å². The van der Waals surface area contributed by atoms with Crippen molar-refractivity contribution in [1.29, 1.82) is 5.26 Å². The van der Waals surface area contributed by atoms with Crippen molar-refractivity contribution in [3.8, 4) is 6.07 Å². The number of hydrogen-bond acceptors (Lipinski definition) is 6. The number of nitrogens with one attached hydrogen (secondary N) is 2. The van der Waals surface area contributed by atoms with Crippen molar-refractivity contribution in [3.63, 3.8) is 0 Å². The number of carbonyl (C=O) groups excluding carboxylic acids is 2. The molecule has 9 nitrogen and oxygen atoms in total. The number of anilines is 1. The molecular formula is C17H13F2N5O4S. The van der Waals surface area contributed by atoms with Gasteiger partial charge in [-0.05, 0) is 30.7 Å². The predicted molar refractivity (Wildman–Crippen MR) is 94.8 cm³/mol. The molecule has 0 unspecified atom stereocenters. The number of urea groups is 1. The van der Waals surface area contributed by atoms with Crippen molar-refractivity contribution in [1.82, 2.24) is 14.6 Å². The third-order valence-electron chi connectivity index (χ3n) is 3.99. The highest BCUT2D eigenvalue weighted by Crippen LogP contribution is 2.33. The Morgan fingerprint density at radius 1 is 1.31 bits per heavy atom. The molecule has 0 radical (unpaired) electrons. The van der Waals surface area contributed by atoms with Crippen LogP contribution in [0.2, 0.25) is 0 Å². The standard InChI is InChI=1S/C17H13F2N5O4S/c1-9-2-12(19)16-13(3-9)23-17(26)24(29(16,27)28)8-15(25)22-7-14-11(18)4-10(5-20)6-21-14/h2-4,6H,7-8H2,1H3,(H,22,25)(H,23,26). The van der Waals surface area contributed by atoms with Gasteiger partial charge in [0.25, 0.3) is 10.0 Å². The molecule has 1 aromatic carbocycles. The molecule has 2 aromatic rings. The van der Waals surface area contributed by atoms with E-state index < -0.39 is 51.6 Å². The second kappa shape index (κ2) is 7.44. The summed E-state index contributed by atoms with van der Waals surface area (Å²) < 4.78 is 53.4. The molecule has 0 spiro atoms. The molecule has 3 rings (SSSR count). The largest absolute Gasteiger partial charge is 0.349 e. The van der Waals surface area contributed by atoms with Gasteiger partial charge in [0.15, 0.2) is 0 Å². The van der Waals surface area contributed by atoms with Crippen molar-refractivity contribution in [2.45, 2.75) is 18.4 Å². The lowest BCUT2D eigenvalue weighted by atomic mass is 10.2. The SMILES string of the molecule is Cc1cc(F)c2c(c1)NC(=O)N(CC(=O)NCc1ncc(C#N)cc1F)S2(=O)=O. The number of pyridine rings is 1. The average molecular weight is 421 g/mol. The fourth-order valence-corrected chi connectivity index (χ4v) is 4.13. The fraction of sp³-hybridized carbons (Fsp3) is 0.176. The Morgan fingerprint density at radius 2 is 2.03 bits per heavy atom. The molecule has 12 heteroatoms. The van der Waals surface area contributed by atoms with E-state index >= 15 is 0 Å². The smallest absolute Gasteiger partial charge is 0.336 e. The third-order valence-corrected chi connectivity index (χ3v) is 5.80. The van der Waals surface area contributed by atoms with Crippen molar-refractivity contribution >= 4 is 27.6 Å². The Hall–Kier alpha value is -3.59. The minimum absolute atomic E-state index is 0.00964. The van der Waals surface area contributed by atoms with Gasteiger partial charge in [-0.3, -0.25) is 9.78 Å². The van der Waals surface area contributed by atoms with Gasteiger partial charge >= 0.3 is 6.03 Å². The summed E-state index contributed by atoms with van der Waals surface area (Å²) in [5, 5.41) is 13.1. The molecule has 0 saturated carbocycles. The summed E-state index contributed by atoms with van der Waals surface area (Å²) >= 11 is 0. The monoisotopic (exact) mass is 421 g/mol. The number of aryl methyl sites for hydroxylation is 1. The number of halogens is 2. The quantitative estimate of drug-likeness (QED) is 0.767. The topological polar surface area (TPSA) is 132 Å². The van der Waals surface area contributed by atoms with Crippen LogP contribution in [0.15, 0.2) is 29.3 Å². The van der Waals surface area contributed by atoms with Crippen LogP contribution in [-0.2, 0) is 21.4 Å². The van der Waals surface area contributed by atoms with Crippen LogP contribution < -0.4 is 10.6 Å². The third kappa shape index (κ3) is 3.85. The van der Waals surface area contributed by atoms with E-state index in [1.165, 1.54) is 13.0 Å². The van der Waals surface area contributed by atoms with E-state index in [1.54, 1.807) is 6.07 Å². The number of amides is 3. The molecule has 0 atom stereocenters. The van der Waals surface area contributed by atoms with Crippen molar-refractivity contribution in [2.75, 3.05) is 11.9 Å². The van der Waals surface area contributed by atoms with Crippen LogP contribution in [0.3, 0.4) is 0 Å². The first-order valence-electron chi connectivity index (χ1n) is 8.08. The first-order valence-corrected chi connectivity index (χ1v) is 9.52. The number of benzene rings is 1. The maximum Gasteiger partial charge on any atom is 0.336 e. The average Bonchev–Trinajstić information content (AvgIpc) is 2.63. The van der Waals surface area contributed by atoms with Gasteiger partial charge in [0.2, 0.25) is 5.91 Å². The second-order valence-corrected chi connectivity index (χ2v) is 7.91. The number of hydrogen-bond donors (Lipinski definition) is 2. The van der Waals surface area contributed by atoms with Crippen LogP contribution in [0, 0.1) is 29.9 Å². The summed E-state index contributed by atoms with van der Waals surface area (Å²) in [5.41, 5.74) is -0.00680. The van der Waals surface area contributed by atoms with Crippen molar-refractivity contribution in [2.24, 2.45) is 0 Å².